The number of fused-ring (bicyclic) bond motifs is 1. The van der Waals surface area contributed by atoms with E-state index in [2.05, 4.69) is 31.1 Å². The Morgan fingerprint density at radius 2 is 1.96 bits per heavy atom. The molecule has 0 aliphatic heterocycles. The molecule has 8 heteroatoms. The molecular formula is C19H15BrN4O2S. The van der Waals surface area contributed by atoms with E-state index in [1.165, 1.54) is 11.8 Å². The van der Waals surface area contributed by atoms with Crippen LogP contribution >= 0.6 is 27.7 Å². The second-order valence-corrected chi connectivity index (χ2v) is 7.63. The van der Waals surface area contributed by atoms with Gasteiger partial charge in [-0.25, -0.2) is 4.98 Å². The summed E-state index contributed by atoms with van der Waals surface area (Å²) in [7, 11) is 0. The van der Waals surface area contributed by atoms with Crippen molar-refractivity contribution in [1.82, 2.24) is 19.7 Å². The summed E-state index contributed by atoms with van der Waals surface area (Å²) in [6.07, 6.45) is 0. The standard InChI is InChI=1S/C19H15BrN4O2S/c1-2-24-18(25)14-10-13(20)8-9-15(14)21-19(24)27-11-16-22-17(26-23-16)12-6-4-3-5-7-12/h3-10H,2,11H2,1H3. The van der Waals surface area contributed by atoms with Crippen LogP contribution < -0.4 is 5.56 Å². The van der Waals surface area contributed by atoms with Crippen molar-refractivity contribution in [3.05, 3.63) is 69.2 Å². The molecule has 2 heterocycles. The maximum atomic E-state index is 12.8. The first-order valence-corrected chi connectivity index (χ1v) is 10.1. The molecule has 0 amide bonds. The van der Waals surface area contributed by atoms with E-state index in [-0.39, 0.29) is 5.56 Å². The van der Waals surface area contributed by atoms with Gasteiger partial charge in [0.25, 0.3) is 11.4 Å². The van der Waals surface area contributed by atoms with Crippen LogP contribution in [0.2, 0.25) is 0 Å². The molecule has 136 valence electrons. The van der Waals surface area contributed by atoms with Gasteiger partial charge < -0.3 is 4.52 Å². The van der Waals surface area contributed by atoms with Gasteiger partial charge in [-0.05, 0) is 37.3 Å². The lowest BCUT2D eigenvalue weighted by Gasteiger charge is -2.10. The van der Waals surface area contributed by atoms with Crippen LogP contribution in [0.15, 0.2) is 67.5 Å². The van der Waals surface area contributed by atoms with Gasteiger partial charge in [-0.2, -0.15) is 4.98 Å². The van der Waals surface area contributed by atoms with Crippen LogP contribution in [0.5, 0.6) is 0 Å². The summed E-state index contributed by atoms with van der Waals surface area (Å²) in [5, 5.41) is 5.27. The second-order valence-electron chi connectivity index (χ2n) is 5.78. The molecule has 0 radical (unpaired) electrons. The minimum Gasteiger partial charge on any atom is -0.334 e. The van der Waals surface area contributed by atoms with Gasteiger partial charge in [-0.15, -0.1) is 0 Å². The van der Waals surface area contributed by atoms with Crippen molar-refractivity contribution in [1.29, 1.82) is 0 Å². The highest BCUT2D eigenvalue weighted by Gasteiger charge is 2.14. The highest BCUT2D eigenvalue weighted by atomic mass is 79.9. The molecule has 0 fully saturated rings. The molecule has 0 N–H and O–H groups in total. The van der Waals surface area contributed by atoms with E-state index in [0.717, 1.165) is 10.0 Å². The van der Waals surface area contributed by atoms with E-state index < -0.39 is 0 Å². The molecule has 0 bridgehead atoms. The lowest BCUT2D eigenvalue weighted by molar-refractivity contribution is 0.425. The maximum Gasteiger partial charge on any atom is 0.262 e. The maximum absolute atomic E-state index is 12.8. The van der Waals surface area contributed by atoms with E-state index in [0.29, 0.717) is 40.1 Å². The van der Waals surface area contributed by atoms with Crippen LogP contribution in [-0.2, 0) is 12.3 Å². The Morgan fingerprint density at radius 3 is 2.74 bits per heavy atom. The van der Waals surface area contributed by atoms with E-state index in [1.807, 2.05) is 49.4 Å². The number of hydrogen-bond acceptors (Lipinski definition) is 6. The number of thioether (sulfide) groups is 1. The topological polar surface area (TPSA) is 73.8 Å². The predicted octanol–water partition coefficient (Wildman–Crippen LogP) is 4.52. The third-order valence-corrected chi connectivity index (χ3v) is 5.48. The minimum absolute atomic E-state index is 0.0515. The number of halogens is 1. The zero-order valence-electron chi connectivity index (χ0n) is 14.4. The van der Waals surface area contributed by atoms with Crippen LogP contribution in [0, 0.1) is 0 Å². The van der Waals surface area contributed by atoms with Crippen molar-refractivity contribution >= 4 is 38.6 Å². The molecule has 0 aliphatic rings. The zero-order valence-corrected chi connectivity index (χ0v) is 16.8. The van der Waals surface area contributed by atoms with Crippen LogP contribution in [0.4, 0.5) is 0 Å². The monoisotopic (exact) mass is 442 g/mol. The lowest BCUT2D eigenvalue weighted by atomic mass is 10.2. The fourth-order valence-electron chi connectivity index (χ4n) is 2.70. The number of benzene rings is 2. The van der Waals surface area contributed by atoms with Gasteiger partial charge in [-0.1, -0.05) is 51.0 Å². The first-order valence-electron chi connectivity index (χ1n) is 8.36. The zero-order chi connectivity index (χ0) is 18.8. The Balaban J connectivity index is 1.62. The largest absolute Gasteiger partial charge is 0.334 e. The third-order valence-electron chi connectivity index (χ3n) is 4.02. The molecule has 2 aromatic carbocycles. The predicted molar refractivity (Wildman–Crippen MR) is 109 cm³/mol. The van der Waals surface area contributed by atoms with E-state index in [4.69, 9.17) is 4.52 Å². The number of hydrogen-bond donors (Lipinski definition) is 0. The van der Waals surface area contributed by atoms with Gasteiger partial charge >= 0.3 is 0 Å². The molecule has 0 saturated carbocycles. The SMILES string of the molecule is CCn1c(SCc2noc(-c3ccccc3)n2)nc2ccc(Br)cc2c1=O. The fraction of sp³-hybridized carbons (Fsp3) is 0.158. The van der Waals surface area contributed by atoms with Crippen molar-refractivity contribution < 1.29 is 4.52 Å². The molecule has 4 aromatic rings. The summed E-state index contributed by atoms with van der Waals surface area (Å²) in [6.45, 7) is 2.47. The first-order chi connectivity index (χ1) is 13.2. The summed E-state index contributed by atoms with van der Waals surface area (Å²) >= 11 is 4.83. The number of nitrogens with zero attached hydrogens (tertiary/aromatic N) is 4. The second kappa shape index (κ2) is 7.66. The highest BCUT2D eigenvalue weighted by Crippen LogP contribution is 2.24. The van der Waals surface area contributed by atoms with Gasteiger partial charge in [0, 0.05) is 16.6 Å². The van der Waals surface area contributed by atoms with Gasteiger partial charge in [-0.3, -0.25) is 9.36 Å². The Kier molecular flexibility index (Phi) is 5.09. The molecule has 6 nitrogen and oxygen atoms in total. The third kappa shape index (κ3) is 3.68. The van der Waals surface area contributed by atoms with Gasteiger partial charge in [0.2, 0.25) is 0 Å². The average Bonchev–Trinajstić information content (AvgIpc) is 3.17. The van der Waals surface area contributed by atoms with Crippen molar-refractivity contribution in [3.63, 3.8) is 0 Å². The summed E-state index contributed by atoms with van der Waals surface area (Å²) in [5.41, 5.74) is 1.50. The smallest absolute Gasteiger partial charge is 0.262 e. The Morgan fingerprint density at radius 1 is 1.15 bits per heavy atom. The van der Waals surface area contributed by atoms with Crippen molar-refractivity contribution in [3.8, 4) is 11.5 Å². The van der Waals surface area contributed by atoms with E-state index in [9.17, 15) is 4.79 Å². The summed E-state index contributed by atoms with van der Waals surface area (Å²) in [5.74, 6) is 1.51. The molecule has 27 heavy (non-hydrogen) atoms. The molecule has 2 aromatic heterocycles. The van der Waals surface area contributed by atoms with Crippen LogP contribution in [0.3, 0.4) is 0 Å². The Labute approximate surface area is 167 Å². The number of rotatable bonds is 5. The van der Waals surface area contributed by atoms with Crippen molar-refractivity contribution in [2.75, 3.05) is 0 Å². The van der Waals surface area contributed by atoms with Gasteiger partial charge in [0.15, 0.2) is 11.0 Å². The van der Waals surface area contributed by atoms with E-state index in [1.54, 1.807) is 10.6 Å². The normalized spacial score (nSPS) is 11.2. The van der Waals surface area contributed by atoms with Gasteiger partial charge in [0.05, 0.1) is 16.7 Å². The molecular weight excluding hydrogens is 428 g/mol. The average molecular weight is 443 g/mol. The lowest BCUT2D eigenvalue weighted by Crippen LogP contribution is -2.22. The Hall–Kier alpha value is -2.45. The van der Waals surface area contributed by atoms with Crippen molar-refractivity contribution in [2.24, 2.45) is 0 Å². The van der Waals surface area contributed by atoms with Crippen LogP contribution in [0.1, 0.15) is 12.7 Å². The summed E-state index contributed by atoms with van der Waals surface area (Å²) in [4.78, 5) is 21.8. The Bertz CT molecular complexity index is 1160. The van der Waals surface area contributed by atoms with Gasteiger partial charge in [0.1, 0.15) is 0 Å². The fourth-order valence-corrected chi connectivity index (χ4v) is 3.97. The van der Waals surface area contributed by atoms with Crippen LogP contribution in [0.25, 0.3) is 22.4 Å². The van der Waals surface area contributed by atoms with Crippen molar-refractivity contribution in [2.45, 2.75) is 24.4 Å². The molecule has 4 rings (SSSR count). The molecule has 0 spiro atoms. The molecule has 0 saturated heterocycles. The number of aromatic nitrogens is 4. The summed E-state index contributed by atoms with van der Waals surface area (Å²) < 4.78 is 7.86. The quantitative estimate of drug-likeness (QED) is 0.334. The highest BCUT2D eigenvalue weighted by molar-refractivity contribution is 9.10. The van der Waals surface area contributed by atoms with E-state index >= 15 is 0 Å². The first kappa shape index (κ1) is 17.9. The molecule has 0 unspecified atom stereocenters. The minimum atomic E-state index is -0.0515. The van der Waals surface area contributed by atoms with Crippen LogP contribution in [-0.4, -0.2) is 19.7 Å². The molecule has 0 aliphatic carbocycles. The molecule has 0 atom stereocenters. The summed E-state index contributed by atoms with van der Waals surface area (Å²) in [6, 6.07) is 15.1.